The highest BCUT2D eigenvalue weighted by Crippen LogP contribution is 2.08. The number of hydrogen-bond acceptors (Lipinski definition) is 2. The van der Waals surface area contributed by atoms with E-state index >= 15 is 0 Å². The minimum absolute atomic E-state index is 0.216. The monoisotopic (exact) mass is 255 g/mol. The van der Waals surface area contributed by atoms with Gasteiger partial charge >= 0.3 is 0 Å². The SMILES string of the molecule is C=CCNC(=S)N/N=C\c1c(F)cccc1F. The lowest BCUT2D eigenvalue weighted by atomic mass is 10.2. The molecule has 0 bridgehead atoms. The summed E-state index contributed by atoms with van der Waals surface area (Å²) in [6.07, 6.45) is 2.65. The van der Waals surface area contributed by atoms with Crippen molar-refractivity contribution in [1.82, 2.24) is 10.7 Å². The molecule has 2 N–H and O–H groups in total. The van der Waals surface area contributed by atoms with Crippen LogP contribution >= 0.6 is 12.2 Å². The van der Waals surface area contributed by atoms with Gasteiger partial charge < -0.3 is 5.32 Å². The van der Waals surface area contributed by atoms with Crippen molar-refractivity contribution >= 4 is 23.5 Å². The quantitative estimate of drug-likeness (QED) is 0.374. The van der Waals surface area contributed by atoms with Gasteiger partial charge in [0.25, 0.3) is 0 Å². The Morgan fingerprint density at radius 1 is 1.41 bits per heavy atom. The highest BCUT2D eigenvalue weighted by atomic mass is 32.1. The molecule has 0 heterocycles. The van der Waals surface area contributed by atoms with Crippen LogP contribution in [0, 0.1) is 11.6 Å². The van der Waals surface area contributed by atoms with Crippen LogP contribution in [0.25, 0.3) is 0 Å². The molecule has 0 saturated heterocycles. The summed E-state index contributed by atoms with van der Waals surface area (Å²) in [5, 5.41) is 6.62. The molecule has 17 heavy (non-hydrogen) atoms. The maximum atomic E-state index is 13.2. The maximum absolute atomic E-state index is 13.2. The van der Waals surface area contributed by atoms with E-state index in [0.29, 0.717) is 6.54 Å². The van der Waals surface area contributed by atoms with Crippen LogP contribution in [0.1, 0.15) is 5.56 Å². The van der Waals surface area contributed by atoms with Gasteiger partial charge in [-0.3, -0.25) is 5.43 Å². The summed E-state index contributed by atoms with van der Waals surface area (Å²) in [6, 6.07) is 3.59. The standard InChI is InChI=1S/C11H11F2N3S/c1-2-6-14-11(17)16-15-7-8-9(12)4-3-5-10(8)13/h2-5,7H,1,6H2,(H2,14,16,17)/b15-7-. The number of halogens is 2. The molecule has 0 aliphatic rings. The molecule has 0 saturated carbocycles. The van der Waals surface area contributed by atoms with Gasteiger partial charge in [0, 0.05) is 6.54 Å². The lowest BCUT2D eigenvalue weighted by molar-refractivity contribution is 0.580. The van der Waals surface area contributed by atoms with E-state index in [1.54, 1.807) is 6.08 Å². The number of benzene rings is 1. The van der Waals surface area contributed by atoms with Crippen molar-refractivity contribution in [2.24, 2.45) is 5.10 Å². The minimum atomic E-state index is -0.680. The van der Waals surface area contributed by atoms with Crippen molar-refractivity contribution in [2.45, 2.75) is 0 Å². The second-order valence-corrected chi connectivity index (χ2v) is 3.41. The highest BCUT2D eigenvalue weighted by Gasteiger charge is 2.04. The van der Waals surface area contributed by atoms with E-state index in [2.05, 4.69) is 22.4 Å². The maximum Gasteiger partial charge on any atom is 0.187 e. The first-order valence-electron chi connectivity index (χ1n) is 4.77. The van der Waals surface area contributed by atoms with E-state index in [1.165, 1.54) is 6.07 Å². The Labute approximate surface area is 103 Å². The Morgan fingerprint density at radius 3 is 2.65 bits per heavy atom. The normalized spacial score (nSPS) is 10.2. The van der Waals surface area contributed by atoms with Crippen molar-refractivity contribution in [2.75, 3.05) is 6.54 Å². The second-order valence-electron chi connectivity index (χ2n) is 3.00. The Hall–Kier alpha value is -1.82. The van der Waals surface area contributed by atoms with Crippen LogP contribution in [-0.2, 0) is 0 Å². The molecule has 6 heteroatoms. The van der Waals surface area contributed by atoms with Crippen molar-refractivity contribution in [3.63, 3.8) is 0 Å². The van der Waals surface area contributed by atoms with E-state index in [1.807, 2.05) is 0 Å². The molecule has 0 aromatic heterocycles. The highest BCUT2D eigenvalue weighted by molar-refractivity contribution is 7.80. The summed E-state index contributed by atoms with van der Waals surface area (Å²) in [7, 11) is 0. The van der Waals surface area contributed by atoms with Crippen molar-refractivity contribution in [3.05, 3.63) is 48.1 Å². The van der Waals surface area contributed by atoms with E-state index in [4.69, 9.17) is 12.2 Å². The van der Waals surface area contributed by atoms with Crippen molar-refractivity contribution in [3.8, 4) is 0 Å². The predicted molar refractivity (Wildman–Crippen MR) is 67.9 cm³/mol. The predicted octanol–water partition coefficient (Wildman–Crippen LogP) is 1.95. The molecule has 0 spiro atoms. The average molecular weight is 255 g/mol. The molecule has 0 fully saturated rings. The molecule has 0 radical (unpaired) electrons. The molecule has 0 aliphatic carbocycles. The Balaban J connectivity index is 2.59. The molecule has 0 amide bonds. The number of thiocarbonyl (C=S) groups is 1. The Bertz CT molecular complexity index is 426. The number of nitrogens with one attached hydrogen (secondary N) is 2. The van der Waals surface area contributed by atoms with Gasteiger partial charge in [-0.15, -0.1) is 6.58 Å². The third-order valence-electron chi connectivity index (χ3n) is 1.77. The third kappa shape index (κ3) is 4.28. The summed E-state index contributed by atoms with van der Waals surface area (Å²) in [6.45, 7) is 3.98. The van der Waals surface area contributed by atoms with E-state index < -0.39 is 11.6 Å². The lowest BCUT2D eigenvalue weighted by Crippen LogP contribution is -2.31. The minimum Gasteiger partial charge on any atom is -0.358 e. The van der Waals surface area contributed by atoms with Crippen molar-refractivity contribution < 1.29 is 8.78 Å². The molecule has 0 atom stereocenters. The fraction of sp³-hybridized carbons (Fsp3) is 0.0909. The molecule has 1 aromatic rings. The van der Waals surface area contributed by atoms with E-state index in [0.717, 1.165) is 18.3 Å². The first-order valence-corrected chi connectivity index (χ1v) is 5.17. The Kier molecular flexibility index (Phi) is 5.22. The van der Waals surface area contributed by atoms with Gasteiger partial charge in [-0.25, -0.2) is 8.78 Å². The molecular formula is C11H11F2N3S. The zero-order valence-corrected chi connectivity index (χ0v) is 9.73. The van der Waals surface area contributed by atoms with Crippen LogP contribution in [-0.4, -0.2) is 17.9 Å². The van der Waals surface area contributed by atoms with Crippen LogP contribution in [0.4, 0.5) is 8.78 Å². The first kappa shape index (κ1) is 13.2. The van der Waals surface area contributed by atoms with E-state index in [-0.39, 0.29) is 10.7 Å². The average Bonchev–Trinajstić information content (AvgIpc) is 2.30. The molecule has 1 aromatic carbocycles. The topological polar surface area (TPSA) is 36.4 Å². The molecular weight excluding hydrogens is 244 g/mol. The van der Waals surface area contributed by atoms with E-state index in [9.17, 15) is 8.78 Å². The van der Waals surface area contributed by atoms with Crippen LogP contribution in [0.15, 0.2) is 36.0 Å². The molecule has 0 unspecified atom stereocenters. The third-order valence-corrected chi connectivity index (χ3v) is 2.00. The zero-order chi connectivity index (χ0) is 12.7. The Morgan fingerprint density at radius 2 is 2.06 bits per heavy atom. The van der Waals surface area contributed by atoms with Crippen LogP contribution in [0.2, 0.25) is 0 Å². The van der Waals surface area contributed by atoms with Gasteiger partial charge in [0.1, 0.15) is 11.6 Å². The summed E-state index contributed by atoms with van der Waals surface area (Å²) < 4.78 is 26.3. The summed E-state index contributed by atoms with van der Waals surface area (Å²) >= 11 is 4.83. The number of rotatable bonds is 4. The van der Waals surface area contributed by atoms with Gasteiger partial charge in [0.15, 0.2) is 5.11 Å². The van der Waals surface area contributed by atoms with Gasteiger partial charge in [-0.1, -0.05) is 12.1 Å². The lowest BCUT2D eigenvalue weighted by Gasteiger charge is -2.03. The van der Waals surface area contributed by atoms with Gasteiger partial charge in [-0.05, 0) is 24.4 Å². The van der Waals surface area contributed by atoms with Crippen LogP contribution in [0.5, 0.6) is 0 Å². The molecule has 90 valence electrons. The smallest absolute Gasteiger partial charge is 0.187 e. The summed E-state index contributed by atoms with van der Waals surface area (Å²) in [5.41, 5.74) is 2.21. The number of nitrogens with zero attached hydrogens (tertiary/aromatic N) is 1. The fourth-order valence-electron chi connectivity index (χ4n) is 0.994. The molecule has 0 aliphatic heterocycles. The zero-order valence-electron chi connectivity index (χ0n) is 8.91. The van der Waals surface area contributed by atoms with Crippen LogP contribution in [0.3, 0.4) is 0 Å². The van der Waals surface area contributed by atoms with Crippen molar-refractivity contribution in [1.29, 1.82) is 0 Å². The number of hydrogen-bond donors (Lipinski definition) is 2. The summed E-state index contributed by atoms with van der Waals surface area (Å²) in [4.78, 5) is 0. The summed E-state index contributed by atoms with van der Waals surface area (Å²) in [5.74, 6) is -1.36. The van der Waals surface area contributed by atoms with Gasteiger partial charge in [0.2, 0.25) is 0 Å². The van der Waals surface area contributed by atoms with Gasteiger partial charge in [-0.2, -0.15) is 5.10 Å². The van der Waals surface area contributed by atoms with Crippen LogP contribution < -0.4 is 10.7 Å². The van der Waals surface area contributed by atoms with Gasteiger partial charge in [0.05, 0.1) is 11.8 Å². The molecule has 3 nitrogen and oxygen atoms in total. The number of hydrazone groups is 1. The largest absolute Gasteiger partial charge is 0.358 e. The fourth-order valence-corrected chi connectivity index (χ4v) is 1.13. The first-order chi connectivity index (χ1) is 8.15. The molecule has 1 rings (SSSR count). The second kappa shape index (κ2) is 6.70.